The summed E-state index contributed by atoms with van der Waals surface area (Å²) in [7, 11) is 0. The van der Waals surface area contributed by atoms with E-state index in [1.165, 1.54) is 6.07 Å². The largest absolute Gasteiger partial charge is 0.430 e. The molecule has 1 aromatic carbocycles. The van der Waals surface area contributed by atoms with Gasteiger partial charge in [0.2, 0.25) is 0 Å². The number of ether oxygens (including phenoxy) is 1. The number of carbonyl (C=O) groups excluding carboxylic acids is 3. The monoisotopic (exact) mass is 272 g/mol. The smallest absolute Gasteiger partial charge is 0.334 e. The van der Waals surface area contributed by atoms with Crippen LogP contribution in [0.4, 0.5) is 5.69 Å². The summed E-state index contributed by atoms with van der Waals surface area (Å²) < 4.78 is 4.93. The summed E-state index contributed by atoms with van der Waals surface area (Å²) in [6.07, 6.45) is 0.752. The highest BCUT2D eigenvalue weighted by Gasteiger charge is 2.45. The van der Waals surface area contributed by atoms with Gasteiger partial charge in [-0.25, -0.2) is 4.79 Å². The Morgan fingerprint density at radius 3 is 2.65 bits per heavy atom. The molecule has 0 aromatic heterocycles. The number of esters is 1. The zero-order valence-electron chi connectivity index (χ0n) is 10.6. The Kier molecular flexibility index (Phi) is 2.60. The number of cyclic esters (lactones) is 1. The van der Waals surface area contributed by atoms with Crippen molar-refractivity contribution in [2.24, 2.45) is 0 Å². The number of amides is 2. The van der Waals surface area contributed by atoms with E-state index in [1.807, 2.05) is 0 Å². The standard InChI is InChI=1S/C14H12N2O4/c1-7-5-6-10(14(19)20-7)16-12(17)8-3-2-4-9(15)11(8)13(16)18/h2-4,10H,1,5-6,15H2. The number of carbonyl (C=O) groups is 3. The van der Waals surface area contributed by atoms with Crippen molar-refractivity contribution in [3.8, 4) is 0 Å². The van der Waals surface area contributed by atoms with Crippen LogP contribution in [0.5, 0.6) is 0 Å². The maximum absolute atomic E-state index is 12.3. The lowest BCUT2D eigenvalue weighted by atomic mass is 10.1. The van der Waals surface area contributed by atoms with Gasteiger partial charge in [-0.3, -0.25) is 14.5 Å². The highest BCUT2D eigenvalue weighted by Crippen LogP contribution is 2.32. The van der Waals surface area contributed by atoms with Gasteiger partial charge in [0, 0.05) is 12.1 Å². The number of anilines is 1. The molecule has 2 amide bonds. The second-order valence-corrected chi connectivity index (χ2v) is 4.76. The van der Waals surface area contributed by atoms with Crippen molar-refractivity contribution in [2.45, 2.75) is 18.9 Å². The number of nitrogens with two attached hydrogens (primary N) is 1. The number of hydrogen-bond acceptors (Lipinski definition) is 5. The van der Waals surface area contributed by atoms with Gasteiger partial charge in [0.15, 0.2) is 0 Å². The predicted octanol–water partition coefficient (Wildman–Crippen LogP) is 1.08. The molecule has 0 radical (unpaired) electrons. The van der Waals surface area contributed by atoms with Gasteiger partial charge < -0.3 is 10.5 Å². The van der Waals surface area contributed by atoms with E-state index >= 15 is 0 Å². The summed E-state index contributed by atoms with van der Waals surface area (Å²) in [6, 6.07) is 3.77. The minimum atomic E-state index is -0.910. The fourth-order valence-electron chi connectivity index (χ4n) is 2.52. The summed E-state index contributed by atoms with van der Waals surface area (Å²) in [6.45, 7) is 3.57. The number of fused-ring (bicyclic) bond motifs is 1. The second kappa shape index (κ2) is 4.19. The van der Waals surface area contributed by atoms with E-state index in [0.717, 1.165) is 4.90 Å². The minimum absolute atomic E-state index is 0.162. The molecule has 3 rings (SSSR count). The molecule has 20 heavy (non-hydrogen) atoms. The molecule has 0 spiro atoms. The zero-order chi connectivity index (χ0) is 14.4. The molecule has 1 fully saturated rings. The first-order valence-electron chi connectivity index (χ1n) is 6.16. The second-order valence-electron chi connectivity index (χ2n) is 4.76. The molecule has 102 valence electrons. The lowest BCUT2D eigenvalue weighted by Crippen LogP contribution is -2.47. The number of nitrogens with zero attached hydrogens (tertiary/aromatic N) is 1. The summed E-state index contributed by atoms with van der Waals surface area (Å²) in [4.78, 5) is 37.5. The van der Waals surface area contributed by atoms with Crippen molar-refractivity contribution in [3.63, 3.8) is 0 Å². The van der Waals surface area contributed by atoms with Crippen LogP contribution in [0, 0.1) is 0 Å². The molecule has 0 aliphatic carbocycles. The topological polar surface area (TPSA) is 89.7 Å². The molecular formula is C14H12N2O4. The number of nitrogen functional groups attached to an aromatic ring is 1. The van der Waals surface area contributed by atoms with Crippen LogP contribution in [-0.4, -0.2) is 28.7 Å². The highest BCUT2D eigenvalue weighted by molar-refractivity contribution is 6.24. The first-order valence-corrected chi connectivity index (χ1v) is 6.16. The van der Waals surface area contributed by atoms with Gasteiger partial charge in [-0.15, -0.1) is 0 Å². The molecule has 1 aromatic rings. The fourth-order valence-corrected chi connectivity index (χ4v) is 2.52. The maximum atomic E-state index is 12.3. The molecule has 0 saturated carbocycles. The molecule has 0 bridgehead atoms. The van der Waals surface area contributed by atoms with Crippen molar-refractivity contribution >= 4 is 23.5 Å². The first kappa shape index (κ1) is 12.4. The molecule has 6 nitrogen and oxygen atoms in total. The van der Waals surface area contributed by atoms with Crippen LogP contribution >= 0.6 is 0 Å². The number of rotatable bonds is 1. The van der Waals surface area contributed by atoms with E-state index in [0.29, 0.717) is 18.6 Å². The van der Waals surface area contributed by atoms with Gasteiger partial charge in [0.25, 0.3) is 11.8 Å². The van der Waals surface area contributed by atoms with E-state index in [1.54, 1.807) is 12.1 Å². The number of hydrogen-bond donors (Lipinski definition) is 1. The Balaban J connectivity index is 2.00. The number of imide groups is 1. The summed E-state index contributed by atoms with van der Waals surface area (Å²) in [5.41, 5.74) is 6.37. The average Bonchev–Trinajstić information content (AvgIpc) is 2.64. The van der Waals surface area contributed by atoms with Gasteiger partial charge >= 0.3 is 5.97 Å². The highest BCUT2D eigenvalue weighted by atomic mass is 16.5. The van der Waals surface area contributed by atoms with E-state index in [9.17, 15) is 14.4 Å². The normalized spacial score (nSPS) is 22.0. The van der Waals surface area contributed by atoms with Crippen molar-refractivity contribution in [3.05, 3.63) is 41.7 Å². The molecule has 1 saturated heterocycles. The first-order chi connectivity index (χ1) is 9.50. The van der Waals surface area contributed by atoms with E-state index in [4.69, 9.17) is 10.5 Å². The van der Waals surface area contributed by atoms with Crippen molar-refractivity contribution < 1.29 is 19.1 Å². The van der Waals surface area contributed by atoms with Gasteiger partial charge in [-0.2, -0.15) is 0 Å². The quantitative estimate of drug-likeness (QED) is 0.469. The minimum Gasteiger partial charge on any atom is -0.430 e. The lowest BCUT2D eigenvalue weighted by molar-refractivity contribution is -0.147. The van der Waals surface area contributed by atoms with E-state index in [2.05, 4.69) is 6.58 Å². The maximum Gasteiger partial charge on any atom is 0.334 e. The SMILES string of the molecule is C=C1CCC(N2C(=O)c3cccc(N)c3C2=O)C(=O)O1. The molecule has 2 heterocycles. The third kappa shape index (κ3) is 1.61. The van der Waals surface area contributed by atoms with Crippen LogP contribution in [0.15, 0.2) is 30.5 Å². The van der Waals surface area contributed by atoms with Gasteiger partial charge in [0.05, 0.1) is 11.1 Å². The van der Waals surface area contributed by atoms with Crippen LogP contribution in [0.1, 0.15) is 33.6 Å². The molecule has 1 unspecified atom stereocenters. The lowest BCUT2D eigenvalue weighted by Gasteiger charge is -2.28. The fraction of sp³-hybridized carbons (Fsp3) is 0.214. The Bertz CT molecular complexity index is 665. The Morgan fingerprint density at radius 2 is 2.00 bits per heavy atom. The molecule has 2 N–H and O–H groups in total. The van der Waals surface area contributed by atoms with Crippen molar-refractivity contribution in [1.82, 2.24) is 4.90 Å². The Morgan fingerprint density at radius 1 is 1.25 bits per heavy atom. The summed E-state index contributed by atoms with van der Waals surface area (Å²) >= 11 is 0. The zero-order valence-corrected chi connectivity index (χ0v) is 10.6. The van der Waals surface area contributed by atoms with E-state index in [-0.39, 0.29) is 16.8 Å². The van der Waals surface area contributed by atoms with E-state index < -0.39 is 23.8 Å². The van der Waals surface area contributed by atoms with Crippen LogP contribution < -0.4 is 5.73 Å². The number of benzene rings is 1. The van der Waals surface area contributed by atoms with Crippen molar-refractivity contribution in [1.29, 1.82) is 0 Å². The van der Waals surface area contributed by atoms with Crippen LogP contribution in [0.2, 0.25) is 0 Å². The third-order valence-corrected chi connectivity index (χ3v) is 3.50. The van der Waals surface area contributed by atoms with Crippen LogP contribution in [0.25, 0.3) is 0 Å². The summed E-state index contributed by atoms with van der Waals surface area (Å²) in [5.74, 6) is -1.33. The van der Waals surface area contributed by atoms with Crippen LogP contribution in [-0.2, 0) is 9.53 Å². The summed E-state index contributed by atoms with van der Waals surface area (Å²) in [5, 5.41) is 0. The predicted molar refractivity (Wildman–Crippen MR) is 69.6 cm³/mol. The van der Waals surface area contributed by atoms with Gasteiger partial charge in [-0.05, 0) is 18.6 Å². The van der Waals surface area contributed by atoms with Crippen molar-refractivity contribution in [2.75, 3.05) is 5.73 Å². The molecule has 2 aliphatic heterocycles. The molecule has 2 aliphatic rings. The molecule has 1 atom stereocenters. The Labute approximate surface area is 114 Å². The van der Waals surface area contributed by atoms with Gasteiger partial charge in [0.1, 0.15) is 11.8 Å². The van der Waals surface area contributed by atoms with Crippen LogP contribution in [0.3, 0.4) is 0 Å². The Hall–Kier alpha value is -2.63. The number of allylic oxidation sites excluding steroid dienone is 1. The molecule has 6 heteroatoms. The van der Waals surface area contributed by atoms with Gasteiger partial charge in [-0.1, -0.05) is 12.6 Å². The third-order valence-electron chi connectivity index (χ3n) is 3.50. The molecular weight excluding hydrogens is 260 g/mol. The average molecular weight is 272 g/mol.